The van der Waals surface area contributed by atoms with Crippen molar-refractivity contribution in [2.24, 2.45) is 5.92 Å². The first kappa shape index (κ1) is 10.7. The van der Waals surface area contributed by atoms with Crippen LogP contribution in [0, 0.1) is 5.92 Å². The van der Waals surface area contributed by atoms with Crippen molar-refractivity contribution in [1.82, 2.24) is 0 Å². The van der Waals surface area contributed by atoms with Gasteiger partial charge in [-0.1, -0.05) is 38.2 Å². The van der Waals surface area contributed by atoms with Gasteiger partial charge < -0.3 is 0 Å². The van der Waals surface area contributed by atoms with Gasteiger partial charge in [-0.25, -0.2) is 0 Å². The van der Waals surface area contributed by atoms with E-state index in [9.17, 15) is 0 Å². The molecule has 13 heavy (non-hydrogen) atoms. The molecule has 1 aliphatic carbocycles. The van der Waals surface area contributed by atoms with E-state index in [4.69, 9.17) is 0 Å². The van der Waals surface area contributed by atoms with E-state index in [0.717, 1.165) is 19.0 Å². The van der Waals surface area contributed by atoms with Crippen LogP contribution in [0.3, 0.4) is 0 Å². The molecular weight excluding hydrogens is 175 g/mol. The van der Waals surface area contributed by atoms with E-state index in [1.807, 2.05) is 0 Å². The largest absolute Gasteiger partial charge is 0.133 e. The lowest BCUT2D eigenvalue weighted by atomic mass is 9.78. The highest BCUT2D eigenvalue weighted by atomic mass is 31.0. The molecule has 0 N–H and O–H groups in total. The third kappa shape index (κ3) is 1.94. The average Bonchev–Trinajstić information content (AvgIpc) is 2.10. The van der Waals surface area contributed by atoms with Crippen LogP contribution >= 0.6 is 9.24 Å². The van der Waals surface area contributed by atoms with Crippen LogP contribution in [0.5, 0.6) is 0 Å². The van der Waals surface area contributed by atoms with Gasteiger partial charge in [0.05, 0.1) is 0 Å². The summed E-state index contributed by atoms with van der Waals surface area (Å²) in [6.45, 7) is 12.7. The topological polar surface area (TPSA) is 0 Å². The summed E-state index contributed by atoms with van der Waals surface area (Å²) in [6, 6.07) is 0. The zero-order valence-electron chi connectivity index (χ0n) is 8.69. The fraction of sp³-hybridized carbons (Fsp3) is 0.500. The smallest absolute Gasteiger partial charge is 0.00149 e. The summed E-state index contributed by atoms with van der Waals surface area (Å²) in [5.74, 6) is 0.561. The predicted octanol–water partition coefficient (Wildman–Crippen LogP) is 3.72. The molecule has 0 aliphatic heterocycles. The summed E-state index contributed by atoms with van der Waals surface area (Å²) >= 11 is 0. The Labute approximate surface area is 84.0 Å². The van der Waals surface area contributed by atoms with Crippen LogP contribution in [0.15, 0.2) is 35.5 Å². The molecule has 0 bridgehead atoms. The second-order valence-electron chi connectivity index (χ2n) is 3.72. The van der Waals surface area contributed by atoms with Gasteiger partial charge in [0.2, 0.25) is 0 Å². The Kier molecular flexibility index (Phi) is 3.50. The van der Waals surface area contributed by atoms with E-state index < -0.39 is 0 Å². The third-order valence-corrected chi connectivity index (χ3v) is 3.38. The van der Waals surface area contributed by atoms with Crippen LogP contribution in [-0.2, 0) is 0 Å². The van der Waals surface area contributed by atoms with Crippen LogP contribution in [0.1, 0.15) is 26.7 Å². The molecule has 0 aromatic rings. The van der Waals surface area contributed by atoms with E-state index in [1.165, 1.54) is 22.3 Å². The standard InChI is InChI=1S/C12H19P/c1-5-11-10(4)8(2)6-9(3)12(11)7-13/h10H,2-3,5-7,13H2,1,4H3. The van der Waals surface area contributed by atoms with Crippen LogP contribution in [-0.4, -0.2) is 6.16 Å². The minimum Gasteiger partial charge on any atom is -0.133 e. The Morgan fingerprint density at radius 3 is 2.54 bits per heavy atom. The molecule has 0 heterocycles. The lowest BCUT2D eigenvalue weighted by Gasteiger charge is -2.29. The van der Waals surface area contributed by atoms with Crippen molar-refractivity contribution in [1.29, 1.82) is 0 Å². The molecule has 0 amide bonds. The summed E-state index contributed by atoms with van der Waals surface area (Å²) in [6.07, 6.45) is 3.16. The Morgan fingerprint density at radius 2 is 2.08 bits per heavy atom. The van der Waals surface area contributed by atoms with E-state index in [1.54, 1.807) is 0 Å². The van der Waals surface area contributed by atoms with Gasteiger partial charge in [0, 0.05) is 0 Å². The van der Waals surface area contributed by atoms with Gasteiger partial charge in [-0.3, -0.25) is 0 Å². The van der Waals surface area contributed by atoms with Gasteiger partial charge in [0.1, 0.15) is 0 Å². The summed E-state index contributed by atoms with van der Waals surface area (Å²) in [5.41, 5.74) is 5.60. The van der Waals surface area contributed by atoms with Gasteiger partial charge >= 0.3 is 0 Å². The average molecular weight is 194 g/mol. The fourth-order valence-corrected chi connectivity index (χ4v) is 2.61. The molecule has 0 spiro atoms. The minimum atomic E-state index is 0.561. The van der Waals surface area contributed by atoms with Crippen LogP contribution < -0.4 is 0 Å². The van der Waals surface area contributed by atoms with E-state index in [2.05, 4.69) is 36.2 Å². The van der Waals surface area contributed by atoms with Gasteiger partial charge in [0.25, 0.3) is 0 Å². The van der Waals surface area contributed by atoms with Gasteiger partial charge in [0.15, 0.2) is 0 Å². The number of hydrogen-bond donors (Lipinski definition) is 0. The maximum atomic E-state index is 4.12. The highest BCUT2D eigenvalue weighted by molar-refractivity contribution is 7.16. The monoisotopic (exact) mass is 194 g/mol. The van der Waals surface area contributed by atoms with Crippen molar-refractivity contribution in [2.45, 2.75) is 26.7 Å². The highest BCUT2D eigenvalue weighted by Gasteiger charge is 2.22. The van der Waals surface area contributed by atoms with Gasteiger partial charge in [-0.05, 0) is 36.1 Å². The second kappa shape index (κ2) is 4.24. The first-order valence-electron chi connectivity index (χ1n) is 4.89. The quantitative estimate of drug-likeness (QED) is 0.464. The molecule has 0 nitrogen and oxygen atoms in total. The van der Waals surface area contributed by atoms with Crippen molar-refractivity contribution in [3.63, 3.8) is 0 Å². The Balaban J connectivity index is 3.12. The number of allylic oxidation sites excluding steroid dienone is 4. The minimum absolute atomic E-state index is 0.561. The molecule has 0 saturated carbocycles. The first-order chi connectivity index (χ1) is 6.11. The number of rotatable bonds is 2. The van der Waals surface area contributed by atoms with Gasteiger partial charge in [-0.2, -0.15) is 0 Å². The molecule has 0 radical (unpaired) electrons. The zero-order valence-corrected chi connectivity index (χ0v) is 9.84. The maximum Gasteiger partial charge on any atom is -0.00149 e. The molecule has 0 saturated heterocycles. The molecule has 0 fully saturated rings. The Bertz CT molecular complexity index is 271. The van der Waals surface area contributed by atoms with Gasteiger partial charge in [-0.15, -0.1) is 9.24 Å². The normalized spacial score (nSPS) is 24.1. The van der Waals surface area contributed by atoms with E-state index in [0.29, 0.717) is 5.92 Å². The second-order valence-corrected chi connectivity index (χ2v) is 4.13. The Hall–Kier alpha value is -0.350. The van der Waals surface area contributed by atoms with Crippen molar-refractivity contribution >= 4 is 9.24 Å². The summed E-state index contributed by atoms with van der Waals surface area (Å²) in [4.78, 5) is 0. The summed E-state index contributed by atoms with van der Waals surface area (Å²) in [5, 5.41) is 0. The first-order valence-corrected chi connectivity index (χ1v) is 5.71. The SMILES string of the molecule is C=C1CC(=C)C(C)C(CC)=C1CP. The molecule has 2 atom stereocenters. The number of hydrogen-bond acceptors (Lipinski definition) is 0. The lowest BCUT2D eigenvalue weighted by Crippen LogP contribution is -2.14. The molecule has 0 aromatic carbocycles. The molecule has 0 aromatic heterocycles. The predicted molar refractivity (Wildman–Crippen MR) is 64.0 cm³/mol. The van der Waals surface area contributed by atoms with Crippen LogP contribution in [0.4, 0.5) is 0 Å². The molecule has 72 valence electrons. The Morgan fingerprint density at radius 1 is 1.46 bits per heavy atom. The van der Waals surface area contributed by atoms with E-state index >= 15 is 0 Å². The van der Waals surface area contributed by atoms with E-state index in [-0.39, 0.29) is 0 Å². The van der Waals surface area contributed by atoms with Crippen molar-refractivity contribution in [2.75, 3.05) is 6.16 Å². The third-order valence-electron chi connectivity index (χ3n) is 2.97. The van der Waals surface area contributed by atoms with Crippen molar-refractivity contribution in [3.8, 4) is 0 Å². The molecular formula is C12H19P. The van der Waals surface area contributed by atoms with Crippen LogP contribution in [0.2, 0.25) is 0 Å². The molecule has 2 unspecified atom stereocenters. The summed E-state index contributed by atoms with van der Waals surface area (Å²) < 4.78 is 0. The van der Waals surface area contributed by atoms with Crippen molar-refractivity contribution in [3.05, 3.63) is 35.5 Å². The van der Waals surface area contributed by atoms with Crippen molar-refractivity contribution < 1.29 is 0 Å². The fourth-order valence-electron chi connectivity index (χ4n) is 2.06. The lowest BCUT2D eigenvalue weighted by molar-refractivity contribution is 0.703. The molecule has 1 aliphatic rings. The maximum absolute atomic E-state index is 4.12. The summed E-state index contributed by atoms with van der Waals surface area (Å²) in [7, 11) is 2.80. The molecule has 1 heteroatoms. The zero-order chi connectivity index (χ0) is 10.0. The van der Waals surface area contributed by atoms with Crippen LogP contribution in [0.25, 0.3) is 0 Å². The highest BCUT2D eigenvalue weighted by Crippen LogP contribution is 2.38. The molecule has 1 rings (SSSR count).